The van der Waals surface area contributed by atoms with E-state index in [0.29, 0.717) is 10.0 Å². The van der Waals surface area contributed by atoms with Gasteiger partial charge in [0, 0.05) is 13.1 Å². The SMILES string of the molecule is Cl.O=C(C1CCCNC1)N1CCCC1c1ccc(Cl)c(Cl)c1. The number of rotatable bonds is 2. The Balaban J connectivity index is 0.00000176. The number of likely N-dealkylation sites (tertiary alicyclic amines) is 1. The molecule has 2 unspecified atom stereocenters. The van der Waals surface area contributed by atoms with Crippen molar-refractivity contribution in [1.29, 1.82) is 0 Å². The molecule has 2 aliphatic heterocycles. The van der Waals surface area contributed by atoms with Gasteiger partial charge in [-0.3, -0.25) is 4.79 Å². The molecule has 0 saturated carbocycles. The van der Waals surface area contributed by atoms with Crippen molar-refractivity contribution < 1.29 is 4.79 Å². The molecule has 1 amide bonds. The summed E-state index contributed by atoms with van der Waals surface area (Å²) in [5, 5.41) is 4.45. The topological polar surface area (TPSA) is 32.3 Å². The van der Waals surface area contributed by atoms with Crippen molar-refractivity contribution >= 4 is 41.5 Å². The van der Waals surface area contributed by atoms with Gasteiger partial charge < -0.3 is 10.2 Å². The van der Waals surface area contributed by atoms with Gasteiger partial charge in [-0.25, -0.2) is 0 Å². The van der Waals surface area contributed by atoms with E-state index < -0.39 is 0 Å². The second-order valence-corrected chi connectivity index (χ2v) is 6.72. The molecule has 0 bridgehead atoms. The van der Waals surface area contributed by atoms with Gasteiger partial charge in [-0.15, -0.1) is 12.4 Å². The van der Waals surface area contributed by atoms with Gasteiger partial charge in [-0.05, 0) is 49.9 Å². The van der Waals surface area contributed by atoms with Crippen LogP contribution in [0.15, 0.2) is 18.2 Å². The summed E-state index contributed by atoms with van der Waals surface area (Å²) in [7, 11) is 0. The third-order valence-electron chi connectivity index (χ3n) is 4.51. The Kier molecular flexibility index (Phi) is 6.39. The van der Waals surface area contributed by atoms with E-state index >= 15 is 0 Å². The molecule has 0 aromatic heterocycles. The van der Waals surface area contributed by atoms with Crippen molar-refractivity contribution in [2.75, 3.05) is 19.6 Å². The number of nitrogens with one attached hydrogen (secondary N) is 1. The molecule has 122 valence electrons. The Bertz CT molecular complexity index is 532. The number of hydrogen-bond acceptors (Lipinski definition) is 2. The van der Waals surface area contributed by atoms with Crippen molar-refractivity contribution in [3.05, 3.63) is 33.8 Å². The molecule has 3 nitrogen and oxygen atoms in total. The Morgan fingerprint density at radius 2 is 2.00 bits per heavy atom. The van der Waals surface area contributed by atoms with Crippen LogP contribution in [0, 0.1) is 5.92 Å². The fourth-order valence-electron chi connectivity index (χ4n) is 3.39. The van der Waals surface area contributed by atoms with Gasteiger partial charge >= 0.3 is 0 Å². The molecule has 2 saturated heterocycles. The molecule has 0 spiro atoms. The Morgan fingerprint density at radius 3 is 2.68 bits per heavy atom. The number of benzene rings is 1. The molecule has 2 heterocycles. The van der Waals surface area contributed by atoms with Crippen LogP contribution < -0.4 is 5.32 Å². The molecule has 1 aromatic rings. The molecule has 0 aliphatic carbocycles. The molecular formula is C16H21Cl3N2O. The summed E-state index contributed by atoms with van der Waals surface area (Å²) in [6, 6.07) is 5.86. The predicted octanol–water partition coefficient (Wildman–Crippen LogP) is 4.08. The first-order chi connectivity index (χ1) is 10.2. The lowest BCUT2D eigenvalue weighted by molar-refractivity contribution is -0.137. The first-order valence-electron chi connectivity index (χ1n) is 7.63. The summed E-state index contributed by atoms with van der Waals surface area (Å²) in [6.07, 6.45) is 4.14. The maximum Gasteiger partial charge on any atom is 0.227 e. The highest BCUT2D eigenvalue weighted by Gasteiger charge is 2.34. The lowest BCUT2D eigenvalue weighted by atomic mass is 9.96. The van der Waals surface area contributed by atoms with Crippen molar-refractivity contribution in [3.8, 4) is 0 Å². The average molecular weight is 364 g/mol. The van der Waals surface area contributed by atoms with Gasteiger partial charge in [0.05, 0.1) is 22.0 Å². The minimum atomic E-state index is 0. The summed E-state index contributed by atoms with van der Waals surface area (Å²) in [4.78, 5) is 14.8. The summed E-state index contributed by atoms with van der Waals surface area (Å²) >= 11 is 12.1. The van der Waals surface area contributed by atoms with Gasteiger partial charge in [0.25, 0.3) is 0 Å². The van der Waals surface area contributed by atoms with Crippen LogP contribution in [0.2, 0.25) is 10.0 Å². The standard InChI is InChI=1S/C16H20Cl2N2O.ClH/c17-13-6-5-11(9-14(13)18)15-4-2-8-20(15)16(21)12-3-1-7-19-10-12;/h5-6,9,12,15,19H,1-4,7-8,10H2;1H. The minimum Gasteiger partial charge on any atom is -0.335 e. The zero-order valence-corrected chi connectivity index (χ0v) is 14.7. The number of piperidine rings is 1. The Labute approximate surface area is 147 Å². The predicted molar refractivity (Wildman–Crippen MR) is 93.0 cm³/mol. The largest absolute Gasteiger partial charge is 0.335 e. The van der Waals surface area contributed by atoms with E-state index in [2.05, 4.69) is 5.32 Å². The molecule has 2 atom stereocenters. The smallest absolute Gasteiger partial charge is 0.227 e. The van der Waals surface area contributed by atoms with Gasteiger partial charge in [-0.1, -0.05) is 29.3 Å². The second-order valence-electron chi connectivity index (χ2n) is 5.91. The maximum absolute atomic E-state index is 12.8. The molecule has 1 aromatic carbocycles. The lowest BCUT2D eigenvalue weighted by Gasteiger charge is -2.31. The molecule has 1 N–H and O–H groups in total. The zero-order chi connectivity index (χ0) is 14.8. The van der Waals surface area contributed by atoms with Crippen LogP contribution in [0.4, 0.5) is 0 Å². The van der Waals surface area contributed by atoms with E-state index in [4.69, 9.17) is 23.2 Å². The zero-order valence-electron chi connectivity index (χ0n) is 12.4. The van der Waals surface area contributed by atoms with Gasteiger partial charge in [0.1, 0.15) is 0 Å². The summed E-state index contributed by atoms with van der Waals surface area (Å²) in [5.41, 5.74) is 1.10. The van der Waals surface area contributed by atoms with Gasteiger partial charge in [-0.2, -0.15) is 0 Å². The van der Waals surface area contributed by atoms with Gasteiger partial charge in [0.2, 0.25) is 5.91 Å². The molecule has 3 rings (SSSR count). The summed E-state index contributed by atoms with van der Waals surface area (Å²) in [5.74, 6) is 0.415. The summed E-state index contributed by atoms with van der Waals surface area (Å²) < 4.78 is 0. The monoisotopic (exact) mass is 362 g/mol. The quantitative estimate of drug-likeness (QED) is 0.858. The van der Waals surface area contributed by atoms with Crippen molar-refractivity contribution in [2.24, 2.45) is 5.92 Å². The van der Waals surface area contributed by atoms with Crippen LogP contribution in [-0.4, -0.2) is 30.4 Å². The van der Waals surface area contributed by atoms with E-state index in [1.54, 1.807) is 0 Å². The number of carbonyl (C=O) groups excluding carboxylic acids is 1. The molecular weight excluding hydrogens is 343 g/mol. The highest BCUT2D eigenvalue weighted by atomic mass is 35.5. The average Bonchev–Trinajstić information content (AvgIpc) is 2.99. The highest BCUT2D eigenvalue weighted by molar-refractivity contribution is 6.42. The maximum atomic E-state index is 12.8. The molecule has 22 heavy (non-hydrogen) atoms. The third kappa shape index (κ3) is 3.70. The lowest BCUT2D eigenvalue weighted by Crippen LogP contribution is -2.42. The molecule has 2 aliphatic rings. The van der Waals surface area contributed by atoms with Gasteiger partial charge in [0.15, 0.2) is 0 Å². The van der Waals surface area contributed by atoms with E-state index in [9.17, 15) is 4.79 Å². The molecule has 2 fully saturated rings. The minimum absolute atomic E-state index is 0. The Hall–Kier alpha value is -0.480. The highest BCUT2D eigenvalue weighted by Crippen LogP contribution is 2.36. The Morgan fingerprint density at radius 1 is 1.18 bits per heavy atom. The number of nitrogens with zero attached hydrogens (tertiary/aromatic N) is 1. The van der Waals surface area contributed by atoms with Crippen molar-refractivity contribution in [3.63, 3.8) is 0 Å². The fraction of sp³-hybridized carbons (Fsp3) is 0.562. The normalized spacial score (nSPS) is 24.9. The first kappa shape index (κ1) is 17.9. The number of hydrogen-bond donors (Lipinski definition) is 1. The van der Waals surface area contributed by atoms with Crippen molar-refractivity contribution in [2.45, 2.75) is 31.7 Å². The first-order valence-corrected chi connectivity index (χ1v) is 8.38. The van der Waals surface area contributed by atoms with Crippen LogP contribution >= 0.6 is 35.6 Å². The van der Waals surface area contributed by atoms with Crippen LogP contribution in [0.5, 0.6) is 0 Å². The van der Waals surface area contributed by atoms with Crippen LogP contribution in [0.3, 0.4) is 0 Å². The van der Waals surface area contributed by atoms with E-state index in [-0.39, 0.29) is 30.3 Å². The second kappa shape index (κ2) is 7.87. The van der Waals surface area contributed by atoms with E-state index in [1.807, 2.05) is 23.1 Å². The number of amides is 1. The molecule has 6 heteroatoms. The summed E-state index contributed by atoms with van der Waals surface area (Å²) in [6.45, 7) is 2.68. The fourth-order valence-corrected chi connectivity index (χ4v) is 3.70. The molecule has 0 radical (unpaired) electrons. The number of halogens is 3. The third-order valence-corrected chi connectivity index (χ3v) is 5.25. The number of carbonyl (C=O) groups is 1. The van der Waals surface area contributed by atoms with Crippen LogP contribution in [0.1, 0.15) is 37.3 Å². The van der Waals surface area contributed by atoms with E-state index in [1.165, 1.54) is 0 Å². The van der Waals surface area contributed by atoms with Crippen LogP contribution in [-0.2, 0) is 4.79 Å². The van der Waals surface area contributed by atoms with Crippen molar-refractivity contribution in [1.82, 2.24) is 10.2 Å². The van der Waals surface area contributed by atoms with Crippen LogP contribution in [0.25, 0.3) is 0 Å². The van der Waals surface area contributed by atoms with E-state index in [0.717, 1.165) is 50.9 Å².